The molecule has 88 valence electrons. The summed E-state index contributed by atoms with van der Waals surface area (Å²) in [6.45, 7) is 9.63. The third kappa shape index (κ3) is 1.84. The second-order valence-electron chi connectivity index (χ2n) is 7.22. The lowest BCUT2D eigenvalue weighted by molar-refractivity contribution is -0.116. The largest absolute Gasteiger partial charge is 0.396 e. The molecule has 3 fully saturated rings. The highest BCUT2D eigenvalue weighted by Gasteiger charge is 2.54. The van der Waals surface area contributed by atoms with Gasteiger partial charge in [0.15, 0.2) is 0 Å². The lowest BCUT2D eigenvalue weighted by Crippen LogP contribution is -2.53. The lowest BCUT2D eigenvalue weighted by Gasteiger charge is -2.61. The van der Waals surface area contributed by atoms with Crippen LogP contribution in [0.5, 0.6) is 0 Å². The quantitative estimate of drug-likeness (QED) is 0.756. The zero-order valence-corrected chi connectivity index (χ0v) is 10.7. The number of rotatable bonds is 3. The highest BCUT2D eigenvalue weighted by atomic mass is 16.3. The van der Waals surface area contributed by atoms with E-state index in [9.17, 15) is 5.11 Å². The van der Waals surface area contributed by atoms with Crippen LogP contribution in [0.1, 0.15) is 53.4 Å². The van der Waals surface area contributed by atoms with E-state index in [-0.39, 0.29) is 5.41 Å². The molecule has 0 heterocycles. The van der Waals surface area contributed by atoms with Crippen molar-refractivity contribution in [2.75, 3.05) is 6.61 Å². The van der Waals surface area contributed by atoms with E-state index in [0.717, 1.165) is 17.8 Å². The van der Waals surface area contributed by atoms with Crippen LogP contribution in [-0.2, 0) is 0 Å². The average molecular weight is 210 g/mol. The van der Waals surface area contributed by atoms with Gasteiger partial charge in [0.2, 0.25) is 0 Å². The van der Waals surface area contributed by atoms with Crippen LogP contribution < -0.4 is 0 Å². The van der Waals surface area contributed by atoms with E-state index >= 15 is 0 Å². The van der Waals surface area contributed by atoms with Crippen LogP contribution in [-0.4, -0.2) is 11.7 Å². The van der Waals surface area contributed by atoms with Crippen molar-refractivity contribution >= 4 is 0 Å². The van der Waals surface area contributed by atoms with Gasteiger partial charge < -0.3 is 5.11 Å². The molecule has 15 heavy (non-hydrogen) atoms. The first kappa shape index (κ1) is 11.4. The first-order valence-electron chi connectivity index (χ1n) is 6.48. The number of hydrogen-bond acceptors (Lipinski definition) is 1. The van der Waals surface area contributed by atoms with Crippen molar-refractivity contribution < 1.29 is 5.11 Å². The fraction of sp³-hybridized carbons (Fsp3) is 1.00. The molecule has 1 heteroatoms. The van der Waals surface area contributed by atoms with Crippen molar-refractivity contribution in [2.45, 2.75) is 53.4 Å². The molecule has 0 aromatic rings. The Morgan fingerprint density at radius 3 is 2.40 bits per heavy atom. The molecule has 3 aliphatic carbocycles. The minimum Gasteiger partial charge on any atom is -0.396 e. The summed E-state index contributed by atoms with van der Waals surface area (Å²) in [6, 6.07) is 0. The predicted molar refractivity (Wildman–Crippen MR) is 63.6 cm³/mol. The highest BCUT2D eigenvalue weighted by molar-refractivity contribution is 5.03. The Labute approximate surface area is 94.3 Å². The van der Waals surface area contributed by atoms with Gasteiger partial charge >= 0.3 is 0 Å². The molecule has 3 rings (SSSR count). The monoisotopic (exact) mass is 210 g/mol. The SMILES string of the molecule is CC(C)(CO)CC1CCC2CC1C2(C)C. The van der Waals surface area contributed by atoms with E-state index in [2.05, 4.69) is 27.7 Å². The van der Waals surface area contributed by atoms with Crippen LogP contribution in [0.2, 0.25) is 0 Å². The smallest absolute Gasteiger partial charge is 0.0482 e. The Kier molecular flexibility index (Phi) is 2.65. The fourth-order valence-corrected chi connectivity index (χ4v) is 3.98. The maximum absolute atomic E-state index is 9.35. The zero-order chi connectivity index (χ0) is 11.3. The Morgan fingerprint density at radius 2 is 1.93 bits per heavy atom. The molecule has 0 aromatic heterocycles. The minimum atomic E-state index is 0.128. The molecule has 0 amide bonds. The Morgan fingerprint density at radius 1 is 1.27 bits per heavy atom. The Bertz CT molecular complexity index is 240. The maximum atomic E-state index is 9.35. The van der Waals surface area contributed by atoms with Crippen molar-refractivity contribution in [1.82, 2.24) is 0 Å². The molecule has 1 N–H and O–H groups in total. The van der Waals surface area contributed by atoms with Crippen LogP contribution >= 0.6 is 0 Å². The summed E-state index contributed by atoms with van der Waals surface area (Å²) in [5.41, 5.74) is 0.720. The van der Waals surface area contributed by atoms with Crippen LogP contribution in [0, 0.1) is 28.6 Å². The number of hydrogen-bond donors (Lipinski definition) is 1. The van der Waals surface area contributed by atoms with E-state index in [0.29, 0.717) is 12.0 Å². The third-order valence-electron chi connectivity index (χ3n) is 5.24. The maximum Gasteiger partial charge on any atom is 0.0482 e. The van der Waals surface area contributed by atoms with Crippen molar-refractivity contribution in [1.29, 1.82) is 0 Å². The van der Waals surface area contributed by atoms with Crippen LogP contribution in [0.3, 0.4) is 0 Å². The lowest BCUT2D eigenvalue weighted by atomic mass is 9.44. The van der Waals surface area contributed by atoms with Gasteiger partial charge in [0, 0.05) is 6.61 Å². The van der Waals surface area contributed by atoms with Crippen LogP contribution in [0.4, 0.5) is 0 Å². The summed E-state index contributed by atoms with van der Waals surface area (Å²) in [7, 11) is 0. The summed E-state index contributed by atoms with van der Waals surface area (Å²) < 4.78 is 0. The molecule has 3 atom stereocenters. The van der Waals surface area contributed by atoms with Crippen LogP contribution in [0.15, 0.2) is 0 Å². The Balaban J connectivity index is 2.00. The summed E-state index contributed by atoms with van der Waals surface area (Å²) in [5.74, 6) is 2.80. The van der Waals surface area contributed by atoms with Gasteiger partial charge in [0.25, 0.3) is 0 Å². The van der Waals surface area contributed by atoms with E-state index in [1.165, 1.54) is 25.7 Å². The van der Waals surface area contributed by atoms with Gasteiger partial charge in [0.1, 0.15) is 0 Å². The molecule has 0 saturated heterocycles. The topological polar surface area (TPSA) is 20.2 Å². The van der Waals surface area contributed by atoms with E-state index in [1.54, 1.807) is 0 Å². The second-order valence-corrected chi connectivity index (χ2v) is 7.22. The van der Waals surface area contributed by atoms with Gasteiger partial charge in [0.05, 0.1) is 0 Å². The first-order chi connectivity index (χ1) is 6.87. The second kappa shape index (κ2) is 3.48. The normalized spacial score (nSPS) is 38.6. The van der Waals surface area contributed by atoms with Crippen molar-refractivity contribution in [2.24, 2.45) is 28.6 Å². The van der Waals surface area contributed by atoms with E-state index in [1.807, 2.05) is 0 Å². The molecule has 3 aliphatic rings. The summed E-state index contributed by atoms with van der Waals surface area (Å²) >= 11 is 0. The molecular weight excluding hydrogens is 184 g/mol. The molecule has 2 bridgehead atoms. The molecular formula is C14H26O. The average Bonchev–Trinajstić information content (AvgIpc) is 2.17. The number of fused-ring (bicyclic) bond motifs is 2. The third-order valence-corrected chi connectivity index (χ3v) is 5.24. The number of aliphatic hydroxyl groups excluding tert-OH is 1. The number of aliphatic hydroxyl groups is 1. The minimum absolute atomic E-state index is 0.128. The summed E-state index contributed by atoms with van der Waals surface area (Å²) in [5, 5.41) is 9.35. The molecule has 1 nitrogen and oxygen atoms in total. The van der Waals surface area contributed by atoms with Gasteiger partial charge in [-0.2, -0.15) is 0 Å². The highest BCUT2D eigenvalue weighted by Crippen LogP contribution is 2.62. The van der Waals surface area contributed by atoms with Crippen LogP contribution in [0.25, 0.3) is 0 Å². The Hall–Kier alpha value is -0.0400. The van der Waals surface area contributed by atoms with Crippen molar-refractivity contribution in [3.63, 3.8) is 0 Å². The van der Waals surface area contributed by atoms with E-state index < -0.39 is 0 Å². The molecule has 0 aliphatic heterocycles. The molecule has 0 aromatic carbocycles. The van der Waals surface area contributed by atoms with Gasteiger partial charge in [-0.05, 0) is 54.3 Å². The summed E-state index contributed by atoms with van der Waals surface area (Å²) in [6.07, 6.45) is 5.50. The van der Waals surface area contributed by atoms with Gasteiger partial charge in [-0.25, -0.2) is 0 Å². The van der Waals surface area contributed by atoms with Crippen molar-refractivity contribution in [3.05, 3.63) is 0 Å². The van der Waals surface area contributed by atoms with Crippen molar-refractivity contribution in [3.8, 4) is 0 Å². The standard InChI is InChI=1S/C14H26O/c1-13(2,9-15)8-10-5-6-11-7-12(10)14(11,3)4/h10-12,15H,5-9H2,1-4H3. The molecule has 3 unspecified atom stereocenters. The predicted octanol–water partition coefficient (Wildman–Crippen LogP) is 3.47. The van der Waals surface area contributed by atoms with Gasteiger partial charge in [-0.1, -0.05) is 27.7 Å². The molecule has 3 saturated carbocycles. The first-order valence-corrected chi connectivity index (χ1v) is 6.48. The van der Waals surface area contributed by atoms with E-state index in [4.69, 9.17) is 0 Å². The molecule has 0 spiro atoms. The van der Waals surface area contributed by atoms with Gasteiger partial charge in [-0.3, -0.25) is 0 Å². The molecule has 0 radical (unpaired) electrons. The summed E-state index contributed by atoms with van der Waals surface area (Å²) in [4.78, 5) is 0. The fourth-order valence-electron chi connectivity index (χ4n) is 3.98. The zero-order valence-electron chi connectivity index (χ0n) is 10.7. The van der Waals surface area contributed by atoms with Gasteiger partial charge in [-0.15, -0.1) is 0 Å².